The fourth-order valence-corrected chi connectivity index (χ4v) is 4.49. The Morgan fingerprint density at radius 2 is 1.83 bits per heavy atom. The second kappa shape index (κ2) is 10.5. The quantitative estimate of drug-likeness (QED) is 0.438. The number of nitrogens with zero attached hydrogens (tertiary/aromatic N) is 5. The molecular formula is C28H28N6O2. The molecule has 8 nitrogen and oxygen atoms in total. The van der Waals surface area contributed by atoms with Gasteiger partial charge in [-0.25, -0.2) is 4.98 Å². The predicted molar refractivity (Wildman–Crippen MR) is 135 cm³/mol. The Labute approximate surface area is 210 Å². The fraction of sp³-hybridized carbons (Fsp3) is 0.250. The molecule has 3 aromatic heterocycles. The largest absolute Gasteiger partial charge is 0.345 e. The molecule has 4 heterocycles. The van der Waals surface area contributed by atoms with Gasteiger partial charge in [-0.15, -0.1) is 0 Å². The third-order valence-electron chi connectivity index (χ3n) is 6.36. The molecule has 8 heteroatoms. The van der Waals surface area contributed by atoms with Crippen LogP contribution in [0.1, 0.15) is 49.2 Å². The minimum Gasteiger partial charge on any atom is -0.345 e. The summed E-state index contributed by atoms with van der Waals surface area (Å²) in [6.07, 6.45) is 3.13. The van der Waals surface area contributed by atoms with E-state index in [1.165, 1.54) is 5.56 Å². The molecular weight excluding hydrogens is 452 g/mol. The van der Waals surface area contributed by atoms with Crippen LogP contribution in [0.3, 0.4) is 0 Å². The molecule has 1 N–H and O–H groups in total. The van der Waals surface area contributed by atoms with Gasteiger partial charge in [0.1, 0.15) is 5.69 Å². The molecule has 5 rings (SSSR count). The molecule has 1 aromatic carbocycles. The third kappa shape index (κ3) is 5.17. The van der Waals surface area contributed by atoms with Crippen LogP contribution < -0.4 is 5.32 Å². The Morgan fingerprint density at radius 1 is 1.00 bits per heavy atom. The molecule has 0 atom stereocenters. The number of amides is 2. The monoisotopic (exact) mass is 480 g/mol. The first-order valence-electron chi connectivity index (χ1n) is 12.1. The number of benzene rings is 1. The summed E-state index contributed by atoms with van der Waals surface area (Å²) in [5.74, 6) is -0.403. The number of carbonyl (C=O) groups is 2. The number of fused-ring (bicyclic) bond motifs is 1. The Kier molecular flexibility index (Phi) is 6.84. The van der Waals surface area contributed by atoms with Crippen molar-refractivity contribution in [3.05, 3.63) is 113 Å². The molecule has 0 spiro atoms. The van der Waals surface area contributed by atoms with Gasteiger partial charge < -0.3 is 10.2 Å². The fourth-order valence-electron chi connectivity index (χ4n) is 4.49. The van der Waals surface area contributed by atoms with Crippen LogP contribution in [0, 0.1) is 6.92 Å². The van der Waals surface area contributed by atoms with Crippen LogP contribution in [0.15, 0.2) is 72.9 Å². The van der Waals surface area contributed by atoms with Gasteiger partial charge in [0.2, 0.25) is 0 Å². The second-order valence-corrected chi connectivity index (χ2v) is 8.88. The maximum Gasteiger partial charge on any atom is 0.272 e. The Balaban J connectivity index is 1.40. The van der Waals surface area contributed by atoms with E-state index < -0.39 is 0 Å². The summed E-state index contributed by atoms with van der Waals surface area (Å²) >= 11 is 0. The van der Waals surface area contributed by atoms with Crippen LogP contribution >= 0.6 is 0 Å². The maximum atomic E-state index is 13.2. The number of carbonyl (C=O) groups excluding carboxylic acids is 2. The van der Waals surface area contributed by atoms with Crippen molar-refractivity contribution < 1.29 is 9.59 Å². The molecule has 0 bridgehead atoms. The zero-order valence-corrected chi connectivity index (χ0v) is 20.2. The van der Waals surface area contributed by atoms with E-state index in [1.807, 2.05) is 60.1 Å². The van der Waals surface area contributed by atoms with E-state index in [9.17, 15) is 9.59 Å². The van der Waals surface area contributed by atoms with Crippen LogP contribution in [-0.4, -0.2) is 43.0 Å². The number of aryl methyl sites for hydroxylation is 3. The topological polar surface area (TPSA) is 93.0 Å². The normalized spacial score (nSPS) is 12.8. The van der Waals surface area contributed by atoms with E-state index in [1.54, 1.807) is 17.2 Å². The SMILES string of the molecule is Cc1cccc(C(=O)N2CCc3c(c(C(=O)NCc4ccccn4)nn3CCc3ccccc3)C2)n1. The van der Waals surface area contributed by atoms with Crippen molar-refractivity contribution in [3.8, 4) is 0 Å². The van der Waals surface area contributed by atoms with Crippen molar-refractivity contribution in [1.29, 1.82) is 0 Å². The van der Waals surface area contributed by atoms with Crippen molar-refractivity contribution in [3.63, 3.8) is 0 Å². The lowest BCUT2D eigenvalue weighted by atomic mass is 10.0. The Bertz CT molecular complexity index is 1370. The van der Waals surface area contributed by atoms with E-state index in [4.69, 9.17) is 5.10 Å². The first-order chi connectivity index (χ1) is 17.6. The van der Waals surface area contributed by atoms with Gasteiger partial charge in [-0.1, -0.05) is 42.5 Å². The standard InChI is InChI=1S/C28H28N6O2/c1-20-8-7-12-24(31-20)28(36)33-16-14-25-23(19-33)26(27(35)30-18-22-11-5-6-15-29-22)32-34(25)17-13-21-9-3-2-4-10-21/h2-12,15H,13-14,16-19H2,1H3,(H,30,35). The minimum absolute atomic E-state index is 0.138. The summed E-state index contributed by atoms with van der Waals surface area (Å²) in [6.45, 7) is 3.70. The lowest BCUT2D eigenvalue weighted by Gasteiger charge is -2.27. The van der Waals surface area contributed by atoms with E-state index in [0.29, 0.717) is 44.0 Å². The summed E-state index contributed by atoms with van der Waals surface area (Å²) in [6, 6.07) is 21.2. The molecule has 36 heavy (non-hydrogen) atoms. The van der Waals surface area contributed by atoms with Crippen molar-refractivity contribution in [2.24, 2.45) is 0 Å². The van der Waals surface area contributed by atoms with E-state index in [-0.39, 0.29) is 11.8 Å². The number of nitrogens with one attached hydrogen (secondary N) is 1. The van der Waals surface area contributed by atoms with Gasteiger partial charge in [0, 0.05) is 42.7 Å². The number of hydrogen-bond donors (Lipinski definition) is 1. The van der Waals surface area contributed by atoms with Crippen LogP contribution in [0.25, 0.3) is 0 Å². The molecule has 1 aliphatic rings. The second-order valence-electron chi connectivity index (χ2n) is 8.88. The molecule has 1 aliphatic heterocycles. The summed E-state index contributed by atoms with van der Waals surface area (Å²) in [4.78, 5) is 36.9. The third-order valence-corrected chi connectivity index (χ3v) is 6.36. The van der Waals surface area contributed by atoms with Gasteiger partial charge >= 0.3 is 0 Å². The van der Waals surface area contributed by atoms with Crippen molar-refractivity contribution in [1.82, 2.24) is 30.0 Å². The predicted octanol–water partition coefficient (Wildman–Crippen LogP) is 3.35. The van der Waals surface area contributed by atoms with E-state index in [2.05, 4.69) is 27.4 Å². The highest BCUT2D eigenvalue weighted by Crippen LogP contribution is 2.24. The molecule has 0 radical (unpaired) electrons. The smallest absolute Gasteiger partial charge is 0.272 e. The van der Waals surface area contributed by atoms with Crippen molar-refractivity contribution in [2.75, 3.05) is 6.54 Å². The van der Waals surface area contributed by atoms with Crippen LogP contribution in [0.2, 0.25) is 0 Å². The minimum atomic E-state index is -0.265. The lowest BCUT2D eigenvalue weighted by molar-refractivity contribution is 0.0724. The molecule has 0 unspecified atom stereocenters. The first-order valence-corrected chi connectivity index (χ1v) is 12.1. The molecule has 0 fully saturated rings. The summed E-state index contributed by atoms with van der Waals surface area (Å²) in [5.41, 5.74) is 5.36. The Morgan fingerprint density at radius 3 is 2.61 bits per heavy atom. The number of rotatable bonds is 7. The highest BCUT2D eigenvalue weighted by Gasteiger charge is 2.31. The zero-order valence-electron chi connectivity index (χ0n) is 20.2. The van der Waals surface area contributed by atoms with Crippen LogP contribution in [-0.2, 0) is 32.5 Å². The van der Waals surface area contributed by atoms with Crippen molar-refractivity contribution in [2.45, 2.75) is 39.4 Å². The van der Waals surface area contributed by atoms with Gasteiger partial charge in [0.25, 0.3) is 11.8 Å². The molecule has 182 valence electrons. The zero-order chi connectivity index (χ0) is 24.9. The molecule has 0 saturated heterocycles. The lowest BCUT2D eigenvalue weighted by Crippen LogP contribution is -2.37. The molecule has 2 amide bonds. The van der Waals surface area contributed by atoms with Crippen LogP contribution in [0.4, 0.5) is 0 Å². The Hall–Kier alpha value is -4.33. The van der Waals surface area contributed by atoms with Crippen molar-refractivity contribution >= 4 is 11.8 Å². The number of aromatic nitrogens is 4. The average Bonchev–Trinajstić information content (AvgIpc) is 3.29. The van der Waals surface area contributed by atoms with Gasteiger partial charge in [-0.2, -0.15) is 5.10 Å². The van der Waals surface area contributed by atoms with E-state index in [0.717, 1.165) is 29.1 Å². The van der Waals surface area contributed by atoms with E-state index >= 15 is 0 Å². The number of hydrogen-bond acceptors (Lipinski definition) is 5. The molecule has 0 aliphatic carbocycles. The summed E-state index contributed by atoms with van der Waals surface area (Å²) < 4.78 is 1.94. The first kappa shape index (κ1) is 23.4. The molecule has 0 saturated carbocycles. The van der Waals surface area contributed by atoms with Gasteiger partial charge in [-0.05, 0) is 43.2 Å². The highest BCUT2D eigenvalue weighted by atomic mass is 16.2. The van der Waals surface area contributed by atoms with Gasteiger partial charge in [-0.3, -0.25) is 19.3 Å². The molecule has 4 aromatic rings. The number of pyridine rings is 2. The van der Waals surface area contributed by atoms with Crippen LogP contribution in [0.5, 0.6) is 0 Å². The summed E-state index contributed by atoms with van der Waals surface area (Å²) in [5, 5.41) is 7.67. The highest BCUT2D eigenvalue weighted by molar-refractivity contribution is 5.95. The van der Waals surface area contributed by atoms with Gasteiger partial charge in [0.05, 0.1) is 18.8 Å². The maximum absolute atomic E-state index is 13.2. The van der Waals surface area contributed by atoms with Gasteiger partial charge in [0.15, 0.2) is 5.69 Å². The summed E-state index contributed by atoms with van der Waals surface area (Å²) in [7, 11) is 0. The average molecular weight is 481 g/mol.